The molecule has 1 amide bonds. The molecule has 0 saturated carbocycles. The van der Waals surface area contributed by atoms with Gasteiger partial charge in [-0.3, -0.25) is 4.79 Å². The number of hydrogen-bond donors (Lipinski definition) is 2. The molecule has 19 heavy (non-hydrogen) atoms. The lowest BCUT2D eigenvalue weighted by atomic mass is 9.89. The monoisotopic (exact) mass is 279 g/mol. The molecule has 0 aromatic heterocycles. The van der Waals surface area contributed by atoms with Crippen LogP contribution in [0, 0.1) is 24.2 Å². The molecule has 0 heterocycles. The number of nitrogens with two attached hydrogens (primary N) is 1. The Bertz CT molecular complexity index is 548. The highest BCUT2D eigenvalue weighted by Gasteiger charge is 2.31. The van der Waals surface area contributed by atoms with Gasteiger partial charge in [0.1, 0.15) is 5.54 Å². The van der Waals surface area contributed by atoms with Crippen molar-refractivity contribution < 1.29 is 4.79 Å². The third-order valence-corrected chi connectivity index (χ3v) is 3.57. The summed E-state index contributed by atoms with van der Waals surface area (Å²) in [6, 6.07) is 5.33. The molecule has 0 aliphatic rings. The minimum Gasteiger partial charge on any atom is -0.398 e. The fourth-order valence-corrected chi connectivity index (χ4v) is 1.82. The maximum absolute atomic E-state index is 12.2. The Morgan fingerprint density at radius 1 is 1.53 bits per heavy atom. The maximum atomic E-state index is 12.2. The van der Waals surface area contributed by atoms with E-state index in [9.17, 15) is 10.1 Å². The first-order chi connectivity index (χ1) is 8.71. The third-order valence-electron chi connectivity index (χ3n) is 3.36. The number of halogens is 1. The van der Waals surface area contributed by atoms with Crippen molar-refractivity contribution in [3.63, 3.8) is 0 Å². The summed E-state index contributed by atoms with van der Waals surface area (Å²) < 4.78 is 0. The highest BCUT2D eigenvalue weighted by atomic mass is 35.5. The van der Waals surface area contributed by atoms with Gasteiger partial charge in [-0.15, -0.1) is 0 Å². The molecular formula is C14H18ClN3O. The molecule has 1 unspecified atom stereocenters. The Hall–Kier alpha value is -1.73. The van der Waals surface area contributed by atoms with Crippen LogP contribution in [0.4, 0.5) is 5.69 Å². The predicted molar refractivity (Wildman–Crippen MR) is 76.9 cm³/mol. The van der Waals surface area contributed by atoms with Gasteiger partial charge in [0, 0.05) is 10.7 Å². The number of hydrogen-bond acceptors (Lipinski definition) is 3. The second-order valence-electron chi connectivity index (χ2n) is 5.11. The number of anilines is 1. The van der Waals surface area contributed by atoms with E-state index in [1.165, 1.54) is 6.07 Å². The first-order valence-corrected chi connectivity index (χ1v) is 6.38. The van der Waals surface area contributed by atoms with Gasteiger partial charge < -0.3 is 11.1 Å². The van der Waals surface area contributed by atoms with Crippen molar-refractivity contribution in [2.24, 2.45) is 5.92 Å². The van der Waals surface area contributed by atoms with Crippen LogP contribution in [0.5, 0.6) is 0 Å². The Labute approximate surface area is 118 Å². The van der Waals surface area contributed by atoms with Crippen molar-refractivity contribution in [3.05, 3.63) is 28.3 Å². The van der Waals surface area contributed by atoms with E-state index in [0.29, 0.717) is 16.3 Å². The smallest absolute Gasteiger partial charge is 0.254 e. The predicted octanol–water partition coefficient (Wildman–Crippen LogP) is 2.90. The lowest BCUT2D eigenvalue weighted by Gasteiger charge is -2.27. The molecule has 3 N–H and O–H groups in total. The van der Waals surface area contributed by atoms with Crippen LogP contribution in [0.2, 0.25) is 5.02 Å². The van der Waals surface area contributed by atoms with Crippen molar-refractivity contribution in [2.45, 2.75) is 33.2 Å². The molecule has 102 valence electrons. The SMILES string of the molecule is Cc1cc(Cl)cc(C(=O)NC(C)(C#N)C(C)C)c1N. The van der Waals surface area contributed by atoms with Gasteiger partial charge >= 0.3 is 0 Å². The van der Waals surface area contributed by atoms with Crippen molar-refractivity contribution in [1.82, 2.24) is 5.32 Å². The zero-order chi connectivity index (χ0) is 14.8. The topological polar surface area (TPSA) is 78.9 Å². The van der Waals surface area contributed by atoms with E-state index < -0.39 is 5.54 Å². The minimum absolute atomic E-state index is 0.0250. The number of nitrogens with zero attached hydrogens (tertiary/aromatic N) is 1. The van der Waals surface area contributed by atoms with Gasteiger partial charge in [-0.2, -0.15) is 5.26 Å². The number of aryl methyl sites for hydroxylation is 1. The number of benzene rings is 1. The third kappa shape index (κ3) is 3.18. The molecule has 1 aromatic carbocycles. The van der Waals surface area contributed by atoms with Gasteiger partial charge in [-0.1, -0.05) is 25.4 Å². The van der Waals surface area contributed by atoms with E-state index in [2.05, 4.69) is 11.4 Å². The number of carbonyl (C=O) groups is 1. The van der Waals surface area contributed by atoms with Crippen LogP contribution in [0.1, 0.15) is 36.7 Å². The first kappa shape index (κ1) is 15.3. The van der Waals surface area contributed by atoms with Crippen molar-refractivity contribution in [1.29, 1.82) is 5.26 Å². The Morgan fingerprint density at radius 2 is 2.11 bits per heavy atom. The van der Waals surface area contributed by atoms with E-state index in [0.717, 1.165) is 5.56 Å². The summed E-state index contributed by atoms with van der Waals surface area (Å²) in [4.78, 5) is 12.2. The molecule has 0 spiro atoms. The van der Waals surface area contributed by atoms with E-state index in [1.54, 1.807) is 19.9 Å². The van der Waals surface area contributed by atoms with Crippen molar-refractivity contribution >= 4 is 23.2 Å². The molecule has 1 rings (SSSR count). The van der Waals surface area contributed by atoms with Crippen LogP contribution < -0.4 is 11.1 Å². The molecule has 1 atom stereocenters. The number of nitriles is 1. The van der Waals surface area contributed by atoms with E-state index in [1.807, 2.05) is 13.8 Å². The summed E-state index contributed by atoms with van der Waals surface area (Å²) in [7, 11) is 0. The highest BCUT2D eigenvalue weighted by molar-refractivity contribution is 6.31. The van der Waals surface area contributed by atoms with Gasteiger partial charge in [0.15, 0.2) is 0 Å². The van der Waals surface area contributed by atoms with E-state index >= 15 is 0 Å². The van der Waals surface area contributed by atoms with Crippen molar-refractivity contribution in [3.8, 4) is 6.07 Å². The summed E-state index contributed by atoms with van der Waals surface area (Å²) in [5.74, 6) is -0.413. The summed E-state index contributed by atoms with van der Waals surface area (Å²) in [5, 5.41) is 12.4. The molecular weight excluding hydrogens is 262 g/mol. The van der Waals surface area contributed by atoms with E-state index in [4.69, 9.17) is 17.3 Å². The zero-order valence-corrected chi connectivity index (χ0v) is 12.3. The van der Waals surface area contributed by atoms with Crippen LogP contribution in [0.3, 0.4) is 0 Å². The molecule has 0 fully saturated rings. The second kappa shape index (κ2) is 5.50. The van der Waals surface area contributed by atoms with Gasteiger partial charge in [0.2, 0.25) is 0 Å². The quantitative estimate of drug-likeness (QED) is 0.835. The molecule has 5 heteroatoms. The van der Waals surface area contributed by atoms with E-state index in [-0.39, 0.29) is 11.8 Å². The van der Waals surface area contributed by atoms with Gasteiger partial charge in [-0.05, 0) is 37.5 Å². The molecule has 0 aliphatic carbocycles. The Kier molecular flexibility index (Phi) is 4.43. The fourth-order valence-electron chi connectivity index (χ4n) is 1.55. The number of carbonyl (C=O) groups excluding carboxylic acids is 1. The average Bonchev–Trinajstić information content (AvgIpc) is 2.33. The first-order valence-electron chi connectivity index (χ1n) is 6.00. The minimum atomic E-state index is -0.945. The zero-order valence-electron chi connectivity index (χ0n) is 11.5. The summed E-state index contributed by atoms with van der Waals surface area (Å²) >= 11 is 5.93. The molecule has 1 aromatic rings. The van der Waals surface area contributed by atoms with Crippen LogP contribution in [0.15, 0.2) is 12.1 Å². The van der Waals surface area contributed by atoms with Gasteiger partial charge in [0.05, 0.1) is 11.6 Å². The number of nitrogens with one attached hydrogen (secondary N) is 1. The molecule has 0 radical (unpaired) electrons. The standard InChI is InChI=1S/C14H18ClN3O/c1-8(2)14(4,7-16)18-13(19)11-6-10(15)5-9(3)12(11)17/h5-6,8H,17H2,1-4H3,(H,18,19). The van der Waals surface area contributed by atoms with Crippen LogP contribution >= 0.6 is 11.6 Å². The lowest BCUT2D eigenvalue weighted by molar-refractivity contribution is 0.0909. The Morgan fingerprint density at radius 3 is 2.58 bits per heavy atom. The van der Waals surface area contributed by atoms with Crippen LogP contribution in [-0.2, 0) is 0 Å². The molecule has 0 bridgehead atoms. The Balaban J connectivity index is 3.13. The van der Waals surface area contributed by atoms with Crippen molar-refractivity contribution in [2.75, 3.05) is 5.73 Å². The largest absolute Gasteiger partial charge is 0.398 e. The number of rotatable bonds is 3. The molecule has 4 nitrogen and oxygen atoms in total. The molecule has 0 saturated heterocycles. The summed E-state index contributed by atoms with van der Waals surface area (Å²) in [6.07, 6.45) is 0. The summed E-state index contributed by atoms with van der Waals surface area (Å²) in [6.45, 7) is 7.21. The average molecular weight is 280 g/mol. The maximum Gasteiger partial charge on any atom is 0.254 e. The molecule has 0 aliphatic heterocycles. The van der Waals surface area contributed by atoms with Gasteiger partial charge in [0.25, 0.3) is 5.91 Å². The fraction of sp³-hybridized carbons (Fsp3) is 0.429. The summed E-state index contributed by atoms with van der Waals surface area (Å²) in [5.41, 5.74) is 6.36. The number of amides is 1. The lowest BCUT2D eigenvalue weighted by Crippen LogP contribution is -2.49. The van der Waals surface area contributed by atoms with Crippen LogP contribution in [-0.4, -0.2) is 11.4 Å². The van der Waals surface area contributed by atoms with Gasteiger partial charge in [-0.25, -0.2) is 0 Å². The normalized spacial score (nSPS) is 13.7. The highest BCUT2D eigenvalue weighted by Crippen LogP contribution is 2.24. The number of nitrogen functional groups attached to an aromatic ring is 1. The van der Waals surface area contributed by atoms with Crippen LogP contribution in [0.25, 0.3) is 0 Å². The second-order valence-corrected chi connectivity index (χ2v) is 5.54.